The summed E-state index contributed by atoms with van der Waals surface area (Å²) < 4.78 is 34.9. The van der Waals surface area contributed by atoms with E-state index in [-0.39, 0.29) is 23.5 Å². The third-order valence-corrected chi connectivity index (χ3v) is 8.80. The quantitative estimate of drug-likeness (QED) is 0.238. The van der Waals surface area contributed by atoms with Gasteiger partial charge in [0.1, 0.15) is 23.4 Å². The summed E-state index contributed by atoms with van der Waals surface area (Å²) in [6.07, 6.45) is 3.38. The number of benzene rings is 3. The Hall–Kier alpha value is -4.66. The zero-order valence-electron chi connectivity index (χ0n) is 27.7. The maximum absolute atomic E-state index is 15.0. The first-order valence-electron chi connectivity index (χ1n) is 16.0. The van der Waals surface area contributed by atoms with Crippen LogP contribution < -0.4 is 10.6 Å². The van der Waals surface area contributed by atoms with E-state index < -0.39 is 34.9 Å². The van der Waals surface area contributed by atoms with Crippen molar-refractivity contribution in [2.45, 2.75) is 71.3 Å². The molecule has 0 bridgehead atoms. The molecule has 0 radical (unpaired) electrons. The predicted molar refractivity (Wildman–Crippen MR) is 180 cm³/mol. The zero-order valence-corrected chi connectivity index (χ0v) is 27.7. The van der Waals surface area contributed by atoms with Crippen molar-refractivity contribution in [2.75, 3.05) is 13.1 Å². The number of rotatable bonds is 9. The Morgan fingerprint density at radius 2 is 1.74 bits per heavy atom. The molecule has 0 aliphatic carbocycles. The number of hydrogen-bond donors (Lipinski definition) is 2. The second-order valence-electron chi connectivity index (χ2n) is 13.9. The molecule has 3 aromatic rings. The van der Waals surface area contributed by atoms with Crippen LogP contribution in [0.3, 0.4) is 0 Å². The zero-order chi connectivity index (χ0) is 33.9. The van der Waals surface area contributed by atoms with E-state index in [1.54, 1.807) is 23.2 Å². The van der Waals surface area contributed by atoms with Gasteiger partial charge in [-0.05, 0) is 62.6 Å². The van der Waals surface area contributed by atoms with Crippen LogP contribution in [0.4, 0.5) is 13.6 Å². The molecule has 0 spiro atoms. The average Bonchev–Trinajstić information content (AvgIpc) is 3.69. The number of ether oxygens (including phenoxy) is 1. The van der Waals surface area contributed by atoms with E-state index in [2.05, 4.69) is 17.2 Å². The highest BCUT2D eigenvalue weighted by atomic mass is 19.1. The summed E-state index contributed by atoms with van der Waals surface area (Å²) in [7, 11) is 0. The molecule has 3 aromatic carbocycles. The predicted octanol–water partition coefficient (Wildman–Crippen LogP) is 7.43. The fourth-order valence-corrected chi connectivity index (χ4v) is 6.17. The summed E-state index contributed by atoms with van der Waals surface area (Å²) in [5.41, 5.74) is 1.67. The Morgan fingerprint density at radius 1 is 1.04 bits per heavy atom. The number of nitrogens with zero attached hydrogens (tertiary/aromatic N) is 2. The molecule has 5 rings (SSSR count). The van der Waals surface area contributed by atoms with Gasteiger partial charge in [-0.15, -0.1) is 6.58 Å². The standard InChI is InChI=1S/C38H44F2N4O3/c1-7-38(5,6)33(34-41-32(30-21-27(39)17-18-31(30)40)24-44(34)22-25-13-9-8-10-14-25)42-35(45)29-16-12-11-15-28(29)26-19-20-43(23-26)36(46)47-37(2,3)4/h7-18,21,24,26,33-34,41H,1,19-20,22-23H2,2-6H3,(H,42,45). The molecule has 9 heteroatoms. The Kier molecular flexibility index (Phi) is 9.75. The van der Waals surface area contributed by atoms with Crippen LogP contribution in [0.25, 0.3) is 5.70 Å². The SMILES string of the molecule is C=CC(C)(C)C(NC(=O)c1ccccc1C1CCN(C(=O)OC(C)(C)C)C1)C1NC(c2cc(F)ccc2F)=CN1Cc1ccccc1. The first kappa shape index (κ1) is 33.7. The molecule has 1 saturated heterocycles. The third-order valence-electron chi connectivity index (χ3n) is 8.80. The highest BCUT2D eigenvalue weighted by Gasteiger charge is 2.42. The molecule has 2 amide bonds. The molecular weight excluding hydrogens is 598 g/mol. The number of amides is 2. The van der Waals surface area contributed by atoms with E-state index in [4.69, 9.17) is 4.74 Å². The minimum absolute atomic E-state index is 0.0428. The minimum Gasteiger partial charge on any atom is -0.444 e. The van der Waals surface area contributed by atoms with Gasteiger partial charge in [0.2, 0.25) is 0 Å². The van der Waals surface area contributed by atoms with Crippen molar-refractivity contribution in [3.05, 3.63) is 126 Å². The van der Waals surface area contributed by atoms with Gasteiger partial charge < -0.3 is 25.2 Å². The number of nitrogens with one attached hydrogen (secondary N) is 2. The van der Waals surface area contributed by atoms with E-state index in [0.717, 1.165) is 23.3 Å². The van der Waals surface area contributed by atoms with E-state index in [1.807, 2.05) is 88.0 Å². The normalized spacial score (nSPS) is 18.7. The van der Waals surface area contributed by atoms with Crippen molar-refractivity contribution in [1.82, 2.24) is 20.4 Å². The van der Waals surface area contributed by atoms with Crippen molar-refractivity contribution in [1.29, 1.82) is 0 Å². The van der Waals surface area contributed by atoms with Gasteiger partial charge in [-0.3, -0.25) is 4.79 Å². The number of halogens is 2. The molecule has 1 fully saturated rings. The molecule has 248 valence electrons. The topological polar surface area (TPSA) is 73.9 Å². The average molecular weight is 643 g/mol. The molecule has 3 unspecified atom stereocenters. The lowest BCUT2D eigenvalue weighted by Crippen LogP contribution is -2.59. The van der Waals surface area contributed by atoms with Crippen LogP contribution in [0.2, 0.25) is 0 Å². The van der Waals surface area contributed by atoms with Gasteiger partial charge in [0.25, 0.3) is 5.91 Å². The molecule has 2 aliphatic rings. The molecule has 3 atom stereocenters. The van der Waals surface area contributed by atoms with Crippen LogP contribution in [0.5, 0.6) is 0 Å². The summed E-state index contributed by atoms with van der Waals surface area (Å²) in [6.45, 7) is 15.0. The second-order valence-corrected chi connectivity index (χ2v) is 13.9. The summed E-state index contributed by atoms with van der Waals surface area (Å²) in [5.74, 6) is -1.42. The fourth-order valence-electron chi connectivity index (χ4n) is 6.17. The van der Waals surface area contributed by atoms with Crippen LogP contribution in [-0.2, 0) is 11.3 Å². The number of likely N-dealkylation sites (tertiary alicyclic amines) is 1. The van der Waals surface area contributed by atoms with Crippen molar-refractivity contribution in [3.8, 4) is 0 Å². The molecular formula is C38H44F2N4O3. The van der Waals surface area contributed by atoms with E-state index in [1.165, 1.54) is 6.07 Å². The monoisotopic (exact) mass is 642 g/mol. The smallest absolute Gasteiger partial charge is 0.410 e. The molecule has 7 nitrogen and oxygen atoms in total. The summed E-state index contributed by atoms with van der Waals surface area (Å²) in [5, 5.41) is 6.70. The number of carbonyl (C=O) groups excluding carboxylic acids is 2. The lowest BCUT2D eigenvalue weighted by molar-refractivity contribution is 0.0292. The lowest BCUT2D eigenvalue weighted by Gasteiger charge is -2.41. The molecule has 2 aliphatic heterocycles. The van der Waals surface area contributed by atoms with Crippen molar-refractivity contribution < 1.29 is 23.1 Å². The van der Waals surface area contributed by atoms with E-state index in [9.17, 15) is 14.0 Å². The fraction of sp³-hybridized carbons (Fsp3) is 0.368. The van der Waals surface area contributed by atoms with E-state index >= 15 is 4.39 Å². The number of carbonyl (C=O) groups is 2. The van der Waals surface area contributed by atoms with Crippen molar-refractivity contribution >= 4 is 17.7 Å². The number of hydrogen-bond acceptors (Lipinski definition) is 5. The lowest BCUT2D eigenvalue weighted by atomic mass is 9.81. The Balaban J connectivity index is 1.44. The van der Waals surface area contributed by atoms with Gasteiger partial charge >= 0.3 is 6.09 Å². The Labute approximate surface area is 276 Å². The third kappa shape index (κ3) is 7.84. The Bertz CT molecular complexity index is 1650. The summed E-state index contributed by atoms with van der Waals surface area (Å²) >= 11 is 0. The highest BCUT2D eigenvalue weighted by Crippen LogP contribution is 2.35. The highest BCUT2D eigenvalue weighted by molar-refractivity contribution is 5.96. The summed E-state index contributed by atoms with van der Waals surface area (Å²) in [6, 6.07) is 20.1. The van der Waals surface area contributed by atoms with Gasteiger partial charge in [-0.1, -0.05) is 68.5 Å². The Morgan fingerprint density at radius 3 is 2.45 bits per heavy atom. The van der Waals surface area contributed by atoms with Crippen LogP contribution in [-0.4, -0.2) is 52.7 Å². The molecule has 2 N–H and O–H groups in total. The molecule has 47 heavy (non-hydrogen) atoms. The maximum Gasteiger partial charge on any atom is 0.410 e. The molecule has 0 aromatic heterocycles. The van der Waals surface area contributed by atoms with Crippen molar-refractivity contribution in [2.24, 2.45) is 5.41 Å². The largest absolute Gasteiger partial charge is 0.444 e. The van der Waals surface area contributed by atoms with Gasteiger partial charge in [-0.25, -0.2) is 13.6 Å². The van der Waals surface area contributed by atoms with Gasteiger partial charge in [0.15, 0.2) is 0 Å². The first-order chi connectivity index (χ1) is 22.3. The molecule has 0 saturated carbocycles. The van der Waals surface area contributed by atoms with Gasteiger partial charge in [-0.2, -0.15) is 0 Å². The second kappa shape index (κ2) is 13.6. The molecule has 2 heterocycles. The van der Waals surface area contributed by atoms with Crippen LogP contribution >= 0.6 is 0 Å². The minimum atomic E-state index is -0.637. The summed E-state index contributed by atoms with van der Waals surface area (Å²) in [4.78, 5) is 30.7. The van der Waals surface area contributed by atoms with Crippen LogP contribution in [0.1, 0.15) is 74.0 Å². The van der Waals surface area contributed by atoms with E-state index in [0.29, 0.717) is 37.3 Å². The van der Waals surface area contributed by atoms with Crippen molar-refractivity contribution in [3.63, 3.8) is 0 Å². The van der Waals surface area contributed by atoms with Gasteiger partial charge in [0.05, 0.1) is 11.7 Å². The van der Waals surface area contributed by atoms with Gasteiger partial charge in [0, 0.05) is 48.3 Å². The van der Waals surface area contributed by atoms with Crippen LogP contribution in [0, 0.1) is 17.0 Å². The first-order valence-corrected chi connectivity index (χ1v) is 16.0. The van der Waals surface area contributed by atoms with Crippen LogP contribution in [0.15, 0.2) is 91.7 Å². The maximum atomic E-state index is 15.0.